The average Bonchev–Trinajstić information content (AvgIpc) is 2.75. The second-order valence-corrected chi connectivity index (χ2v) is 4.30. The first kappa shape index (κ1) is 9.46. The fraction of sp³-hybridized carbons (Fsp3) is 0.308. The first-order valence-corrected chi connectivity index (χ1v) is 5.70. The summed E-state index contributed by atoms with van der Waals surface area (Å²) in [6.07, 6.45) is 7.87. The number of aryl methyl sites for hydroxylation is 2. The Bertz CT molecular complexity index is 465. The smallest absolute Gasteiger partial charge is 0.242 e. The number of rotatable bonds is 1. The molecule has 0 saturated carbocycles. The molecule has 82 valence electrons. The van der Waals surface area contributed by atoms with Crippen LogP contribution in [0.25, 0.3) is 0 Å². The van der Waals surface area contributed by atoms with Gasteiger partial charge in [0.05, 0.1) is 5.69 Å². The van der Waals surface area contributed by atoms with Crippen LogP contribution in [0.5, 0.6) is 0 Å². The first-order valence-electron chi connectivity index (χ1n) is 5.70. The molecule has 0 saturated heterocycles. The normalized spacial score (nSPS) is 18.5. The van der Waals surface area contributed by atoms with Crippen molar-refractivity contribution in [3.8, 4) is 0 Å². The van der Waals surface area contributed by atoms with Gasteiger partial charge in [-0.1, -0.05) is 12.1 Å². The third-order valence-corrected chi connectivity index (χ3v) is 3.16. The van der Waals surface area contributed by atoms with Crippen molar-refractivity contribution in [1.82, 2.24) is 5.43 Å². The Labute approximate surface area is 94.7 Å². The molecule has 2 aliphatic rings. The molecule has 0 radical (unpaired) electrons. The molecule has 1 amide bonds. The lowest BCUT2D eigenvalue weighted by atomic mass is 10.1. The molecular formula is C13H14N2O. The molecule has 3 rings (SSSR count). The van der Waals surface area contributed by atoms with E-state index in [0.717, 1.165) is 12.1 Å². The Morgan fingerprint density at radius 1 is 1.19 bits per heavy atom. The zero-order valence-corrected chi connectivity index (χ0v) is 9.07. The maximum atomic E-state index is 11.3. The summed E-state index contributed by atoms with van der Waals surface area (Å²) >= 11 is 0. The maximum absolute atomic E-state index is 11.3. The van der Waals surface area contributed by atoms with E-state index in [1.165, 1.54) is 24.0 Å². The second kappa shape index (κ2) is 3.67. The number of carbonyl (C=O) groups excluding carboxylic acids is 1. The van der Waals surface area contributed by atoms with E-state index in [1.807, 2.05) is 12.3 Å². The number of fused-ring (bicyclic) bond motifs is 1. The molecule has 0 fully saturated rings. The lowest BCUT2D eigenvalue weighted by Crippen LogP contribution is -2.40. The Kier molecular flexibility index (Phi) is 2.17. The highest BCUT2D eigenvalue weighted by Gasteiger charge is 2.15. The van der Waals surface area contributed by atoms with Crippen molar-refractivity contribution >= 4 is 11.6 Å². The number of benzene rings is 1. The van der Waals surface area contributed by atoms with Crippen molar-refractivity contribution < 1.29 is 4.79 Å². The highest BCUT2D eigenvalue weighted by molar-refractivity contribution is 5.81. The fourth-order valence-electron chi connectivity index (χ4n) is 2.34. The molecule has 0 unspecified atom stereocenters. The summed E-state index contributed by atoms with van der Waals surface area (Å²) in [7, 11) is 0. The van der Waals surface area contributed by atoms with Crippen molar-refractivity contribution in [2.75, 3.05) is 5.01 Å². The molecule has 3 nitrogen and oxygen atoms in total. The van der Waals surface area contributed by atoms with Gasteiger partial charge in [-0.3, -0.25) is 15.2 Å². The van der Waals surface area contributed by atoms with Gasteiger partial charge in [0.25, 0.3) is 0 Å². The minimum Gasteiger partial charge on any atom is -0.273 e. The molecule has 1 aliphatic carbocycles. The van der Waals surface area contributed by atoms with Crippen LogP contribution in [0.15, 0.2) is 30.5 Å². The molecule has 1 aliphatic heterocycles. The van der Waals surface area contributed by atoms with E-state index in [2.05, 4.69) is 23.6 Å². The average molecular weight is 214 g/mol. The highest BCUT2D eigenvalue weighted by atomic mass is 16.2. The lowest BCUT2D eigenvalue weighted by molar-refractivity contribution is -0.120. The minimum absolute atomic E-state index is 0.0444. The van der Waals surface area contributed by atoms with Crippen LogP contribution in [-0.2, 0) is 17.6 Å². The number of hydrogen-bond donors (Lipinski definition) is 1. The third-order valence-electron chi connectivity index (χ3n) is 3.16. The van der Waals surface area contributed by atoms with Crippen LogP contribution in [-0.4, -0.2) is 5.91 Å². The van der Waals surface area contributed by atoms with Gasteiger partial charge >= 0.3 is 0 Å². The predicted molar refractivity (Wildman–Crippen MR) is 62.8 cm³/mol. The summed E-state index contributed by atoms with van der Waals surface area (Å²) in [4.78, 5) is 11.3. The van der Waals surface area contributed by atoms with Gasteiger partial charge < -0.3 is 0 Å². The molecule has 0 atom stereocenters. The van der Waals surface area contributed by atoms with Crippen LogP contribution in [0.1, 0.15) is 24.0 Å². The predicted octanol–water partition coefficient (Wildman–Crippen LogP) is 1.93. The Balaban J connectivity index is 1.92. The van der Waals surface area contributed by atoms with E-state index in [4.69, 9.17) is 0 Å². The van der Waals surface area contributed by atoms with Crippen molar-refractivity contribution in [2.24, 2.45) is 0 Å². The summed E-state index contributed by atoms with van der Waals surface area (Å²) in [6, 6.07) is 6.42. The zero-order valence-electron chi connectivity index (χ0n) is 9.07. The van der Waals surface area contributed by atoms with Gasteiger partial charge in [0.1, 0.15) is 0 Å². The zero-order chi connectivity index (χ0) is 11.0. The van der Waals surface area contributed by atoms with Crippen LogP contribution in [0, 0.1) is 0 Å². The summed E-state index contributed by atoms with van der Waals surface area (Å²) in [5.74, 6) is 0.0444. The van der Waals surface area contributed by atoms with Gasteiger partial charge in [0.15, 0.2) is 0 Å². The van der Waals surface area contributed by atoms with Gasteiger partial charge in [-0.05, 0) is 42.5 Å². The highest BCUT2D eigenvalue weighted by Crippen LogP contribution is 2.26. The second-order valence-electron chi connectivity index (χ2n) is 4.30. The minimum atomic E-state index is 0.0444. The number of nitrogens with zero attached hydrogens (tertiary/aromatic N) is 1. The van der Waals surface area contributed by atoms with Crippen molar-refractivity contribution in [3.63, 3.8) is 0 Å². The largest absolute Gasteiger partial charge is 0.273 e. The van der Waals surface area contributed by atoms with Gasteiger partial charge in [0, 0.05) is 12.6 Å². The SMILES string of the molecule is O=C1CC=CN(c2ccc3c(c2)CCC3)N1. The van der Waals surface area contributed by atoms with E-state index >= 15 is 0 Å². The van der Waals surface area contributed by atoms with Crippen molar-refractivity contribution in [1.29, 1.82) is 0 Å². The summed E-state index contributed by atoms with van der Waals surface area (Å²) in [6.45, 7) is 0. The molecule has 1 aromatic carbocycles. The van der Waals surface area contributed by atoms with E-state index in [9.17, 15) is 4.79 Å². The van der Waals surface area contributed by atoms with E-state index < -0.39 is 0 Å². The number of nitrogens with one attached hydrogen (secondary N) is 1. The third kappa shape index (κ3) is 1.58. The molecule has 1 aromatic rings. The van der Waals surface area contributed by atoms with E-state index in [-0.39, 0.29) is 5.91 Å². The van der Waals surface area contributed by atoms with Crippen LogP contribution >= 0.6 is 0 Å². The summed E-state index contributed by atoms with van der Waals surface area (Å²) in [5.41, 5.74) is 6.75. The van der Waals surface area contributed by atoms with E-state index in [0.29, 0.717) is 6.42 Å². The Morgan fingerprint density at radius 2 is 2.06 bits per heavy atom. The van der Waals surface area contributed by atoms with Crippen molar-refractivity contribution in [2.45, 2.75) is 25.7 Å². The van der Waals surface area contributed by atoms with Gasteiger partial charge in [0.2, 0.25) is 5.91 Å². The maximum Gasteiger partial charge on any atom is 0.242 e. The Morgan fingerprint density at radius 3 is 2.94 bits per heavy atom. The van der Waals surface area contributed by atoms with Crippen molar-refractivity contribution in [3.05, 3.63) is 41.6 Å². The quantitative estimate of drug-likeness (QED) is 0.774. The molecule has 16 heavy (non-hydrogen) atoms. The number of hydrazine groups is 1. The Hall–Kier alpha value is -1.77. The van der Waals surface area contributed by atoms with Gasteiger partial charge in [-0.25, -0.2) is 0 Å². The molecule has 0 spiro atoms. The monoisotopic (exact) mass is 214 g/mol. The van der Waals surface area contributed by atoms with Crippen LogP contribution < -0.4 is 10.4 Å². The summed E-state index contributed by atoms with van der Waals surface area (Å²) in [5, 5.41) is 1.80. The topological polar surface area (TPSA) is 32.3 Å². The number of hydrogen-bond acceptors (Lipinski definition) is 2. The first-order chi connectivity index (χ1) is 7.83. The molecular weight excluding hydrogens is 200 g/mol. The lowest BCUT2D eigenvalue weighted by Gasteiger charge is -2.24. The fourth-order valence-corrected chi connectivity index (χ4v) is 2.34. The molecule has 0 bridgehead atoms. The van der Waals surface area contributed by atoms with Gasteiger partial charge in [-0.15, -0.1) is 0 Å². The van der Waals surface area contributed by atoms with E-state index in [1.54, 1.807) is 5.01 Å². The molecule has 1 N–H and O–H groups in total. The number of carbonyl (C=O) groups is 1. The standard InChI is InChI=1S/C13H14N2O/c16-13-5-2-8-15(14-13)12-7-6-10-3-1-4-11(10)9-12/h2,6-9H,1,3-5H2,(H,14,16). The summed E-state index contributed by atoms with van der Waals surface area (Å²) < 4.78 is 0. The van der Waals surface area contributed by atoms with Crippen LogP contribution in [0.2, 0.25) is 0 Å². The number of anilines is 1. The van der Waals surface area contributed by atoms with Crippen LogP contribution in [0.3, 0.4) is 0 Å². The molecule has 0 aromatic heterocycles. The molecule has 1 heterocycles. The van der Waals surface area contributed by atoms with Gasteiger partial charge in [-0.2, -0.15) is 0 Å². The molecule has 3 heteroatoms. The number of amides is 1. The van der Waals surface area contributed by atoms with Crippen LogP contribution in [0.4, 0.5) is 5.69 Å².